The first-order chi connectivity index (χ1) is 3.12. The van der Waals surface area contributed by atoms with Gasteiger partial charge in [0.25, 0.3) is 0 Å². The predicted molar refractivity (Wildman–Crippen MR) is 29.7 cm³/mol. The summed E-state index contributed by atoms with van der Waals surface area (Å²) in [7, 11) is -2.77. The summed E-state index contributed by atoms with van der Waals surface area (Å²) in [6.07, 6.45) is 0. The first kappa shape index (κ1) is 6.82. The molecule has 0 aromatic rings. The van der Waals surface area contributed by atoms with E-state index in [0.29, 0.717) is 0 Å². The van der Waals surface area contributed by atoms with Crippen molar-refractivity contribution in [1.29, 1.82) is 0 Å². The van der Waals surface area contributed by atoms with Crippen molar-refractivity contribution in [2.75, 3.05) is 11.5 Å². The van der Waals surface area contributed by atoms with Crippen LogP contribution in [0.1, 0.15) is 6.92 Å². The monoisotopic (exact) mass is 121 g/mol. The molecule has 2 nitrogen and oxygen atoms in total. The predicted octanol–water partition coefficient (Wildman–Crippen LogP) is 0.255. The Morgan fingerprint density at radius 3 is 2.00 bits per heavy atom. The van der Waals surface area contributed by atoms with Crippen LogP contribution in [0, 0.1) is 6.92 Å². The van der Waals surface area contributed by atoms with E-state index < -0.39 is 9.84 Å². The maximum atomic E-state index is 10.3. The summed E-state index contributed by atoms with van der Waals surface area (Å²) < 4.78 is 20.6. The van der Waals surface area contributed by atoms with Gasteiger partial charge < -0.3 is 0 Å². The van der Waals surface area contributed by atoms with E-state index in [4.69, 9.17) is 0 Å². The molecule has 7 heavy (non-hydrogen) atoms. The number of rotatable bonds is 2. The molecule has 0 aromatic carbocycles. The van der Waals surface area contributed by atoms with Crippen molar-refractivity contribution in [3.8, 4) is 0 Å². The molecule has 0 aliphatic heterocycles. The van der Waals surface area contributed by atoms with Gasteiger partial charge in [0.1, 0.15) is 0 Å². The van der Waals surface area contributed by atoms with Crippen molar-refractivity contribution in [3.05, 3.63) is 6.92 Å². The van der Waals surface area contributed by atoms with Crippen molar-refractivity contribution in [2.45, 2.75) is 6.92 Å². The molecule has 0 saturated heterocycles. The lowest BCUT2D eigenvalue weighted by atomic mass is 11.0. The van der Waals surface area contributed by atoms with Crippen LogP contribution < -0.4 is 0 Å². The lowest BCUT2D eigenvalue weighted by Crippen LogP contribution is -2.04. The summed E-state index contributed by atoms with van der Waals surface area (Å²) in [4.78, 5) is 0. The second-order valence-corrected chi connectivity index (χ2v) is 3.71. The van der Waals surface area contributed by atoms with Crippen molar-refractivity contribution in [3.63, 3.8) is 0 Å². The van der Waals surface area contributed by atoms with Crippen molar-refractivity contribution in [2.24, 2.45) is 0 Å². The Labute approximate surface area is 44.5 Å². The van der Waals surface area contributed by atoms with Crippen molar-refractivity contribution >= 4 is 9.84 Å². The highest BCUT2D eigenvalue weighted by molar-refractivity contribution is 7.91. The maximum absolute atomic E-state index is 10.3. The molecule has 0 spiro atoms. The highest BCUT2D eigenvalue weighted by atomic mass is 32.2. The second-order valence-electron chi connectivity index (χ2n) is 1.24. The quantitative estimate of drug-likeness (QED) is 0.491. The maximum Gasteiger partial charge on any atom is 0.191 e. The Bertz CT molecular complexity index is 113. The molecule has 0 rings (SSSR count). The van der Waals surface area contributed by atoms with Crippen LogP contribution in [0.25, 0.3) is 0 Å². The minimum absolute atomic E-state index is 0.0174. The van der Waals surface area contributed by atoms with Crippen molar-refractivity contribution in [1.82, 2.24) is 0 Å². The lowest BCUT2D eigenvalue weighted by molar-refractivity contribution is 0.600. The topological polar surface area (TPSA) is 34.1 Å². The van der Waals surface area contributed by atoms with Gasteiger partial charge in [0.2, 0.25) is 0 Å². The van der Waals surface area contributed by atoms with Gasteiger partial charge in [0.05, 0.1) is 12.7 Å². The Morgan fingerprint density at radius 1 is 1.57 bits per heavy atom. The summed E-state index contributed by atoms with van der Waals surface area (Å²) >= 11 is 0. The van der Waals surface area contributed by atoms with Crippen LogP contribution in [0.4, 0.5) is 0 Å². The van der Waals surface area contributed by atoms with E-state index in [1.54, 1.807) is 6.92 Å². The van der Waals surface area contributed by atoms with E-state index >= 15 is 0 Å². The van der Waals surface area contributed by atoms with E-state index in [1.807, 2.05) is 0 Å². The molecule has 0 fully saturated rings. The summed E-state index contributed by atoms with van der Waals surface area (Å²) in [6.45, 7) is 4.85. The molecular formula is C4H9O2S+. The fraction of sp³-hybridized carbons (Fsp3) is 0.750. The van der Waals surface area contributed by atoms with Gasteiger partial charge in [0, 0.05) is 0 Å². The zero-order chi connectivity index (χ0) is 5.91. The molecule has 42 valence electrons. The Kier molecular flexibility index (Phi) is 2.15. The van der Waals surface area contributed by atoms with Crippen LogP contribution in [-0.4, -0.2) is 19.9 Å². The Hall–Kier alpha value is -0.180. The largest absolute Gasteiger partial charge is 0.224 e. The van der Waals surface area contributed by atoms with Gasteiger partial charge in [-0.25, -0.2) is 8.42 Å². The van der Waals surface area contributed by atoms with E-state index in [-0.39, 0.29) is 11.5 Å². The second kappa shape index (κ2) is 2.21. The molecule has 3 heteroatoms. The van der Waals surface area contributed by atoms with Gasteiger partial charge in [-0.2, -0.15) is 0 Å². The average molecular weight is 121 g/mol. The lowest BCUT2D eigenvalue weighted by Gasteiger charge is -1.84. The molecule has 0 saturated carbocycles. The van der Waals surface area contributed by atoms with Crippen LogP contribution in [0.5, 0.6) is 0 Å². The summed E-state index contributed by atoms with van der Waals surface area (Å²) in [6, 6.07) is 0. The van der Waals surface area contributed by atoms with Crippen LogP contribution >= 0.6 is 0 Å². The molecule has 0 unspecified atom stereocenters. The molecule has 0 N–H and O–H groups in total. The summed E-state index contributed by atoms with van der Waals surface area (Å²) in [5, 5.41) is 0. The third kappa shape index (κ3) is 2.51. The minimum atomic E-state index is -2.77. The molecule has 0 atom stereocenters. The van der Waals surface area contributed by atoms with E-state index in [0.717, 1.165) is 0 Å². The molecule has 0 heterocycles. The van der Waals surface area contributed by atoms with Crippen molar-refractivity contribution < 1.29 is 8.42 Å². The van der Waals surface area contributed by atoms with E-state index in [1.165, 1.54) is 0 Å². The van der Waals surface area contributed by atoms with Crippen LogP contribution in [0.15, 0.2) is 0 Å². The molecule has 0 bridgehead atoms. The number of hydrogen-bond donors (Lipinski definition) is 0. The standard InChI is InChI=1S/C4H9O2S/c1-3-7(5,6)4-2/h1,3-4H2,2H3/q+1. The Morgan fingerprint density at radius 2 is 2.00 bits per heavy atom. The van der Waals surface area contributed by atoms with E-state index in [9.17, 15) is 8.42 Å². The van der Waals surface area contributed by atoms with Gasteiger partial charge in [0.15, 0.2) is 15.6 Å². The van der Waals surface area contributed by atoms with Gasteiger partial charge in [-0.05, 0) is 0 Å². The highest BCUT2D eigenvalue weighted by Gasteiger charge is 2.04. The number of hydrogen-bond acceptors (Lipinski definition) is 2. The SMILES string of the molecule is [CH2+]CS(=O)(=O)CC. The normalized spacial score (nSPS) is 11.6. The molecule has 0 aliphatic carbocycles. The Balaban J connectivity index is 3.89. The third-order valence-corrected chi connectivity index (χ3v) is 2.25. The molecule has 0 aromatic heterocycles. The van der Waals surface area contributed by atoms with Crippen LogP contribution in [0.2, 0.25) is 0 Å². The molecule has 0 amide bonds. The van der Waals surface area contributed by atoms with Gasteiger partial charge >= 0.3 is 0 Å². The molecule has 0 aliphatic rings. The minimum Gasteiger partial charge on any atom is -0.224 e. The summed E-state index contributed by atoms with van der Waals surface area (Å²) in [5.74, 6) is 0.222. The first-order valence-corrected chi connectivity index (χ1v) is 3.94. The van der Waals surface area contributed by atoms with Gasteiger partial charge in [-0.1, -0.05) is 6.92 Å². The smallest absolute Gasteiger partial charge is 0.191 e. The molecule has 0 radical (unpaired) electrons. The highest BCUT2D eigenvalue weighted by Crippen LogP contribution is 1.84. The third-order valence-electron chi connectivity index (χ3n) is 0.751. The number of sulfone groups is 1. The first-order valence-electron chi connectivity index (χ1n) is 2.12. The van der Waals surface area contributed by atoms with E-state index in [2.05, 4.69) is 6.92 Å². The van der Waals surface area contributed by atoms with Crippen LogP contribution in [-0.2, 0) is 9.84 Å². The fourth-order valence-corrected chi connectivity index (χ4v) is 0.433. The zero-order valence-electron chi connectivity index (χ0n) is 4.35. The zero-order valence-corrected chi connectivity index (χ0v) is 5.16. The van der Waals surface area contributed by atoms with Gasteiger partial charge in [-0.15, -0.1) is 0 Å². The average Bonchev–Trinajstić information content (AvgIpc) is 1.68. The van der Waals surface area contributed by atoms with Gasteiger partial charge in [-0.3, -0.25) is 0 Å². The summed E-state index contributed by atoms with van der Waals surface area (Å²) in [5.41, 5.74) is 0. The molecular weight excluding hydrogens is 112 g/mol. The fourth-order valence-electron chi connectivity index (χ4n) is 0.144. The van der Waals surface area contributed by atoms with Crippen LogP contribution in [0.3, 0.4) is 0 Å².